The first-order chi connectivity index (χ1) is 28.5. The van der Waals surface area contributed by atoms with Gasteiger partial charge in [-0.1, -0.05) is 112 Å². The molecule has 6 nitrogen and oxygen atoms in total. The molecule has 0 N–H and O–H groups in total. The Morgan fingerprint density at radius 2 is 0.932 bits per heavy atom. The molecule has 0 aliphatic rings. The van der Waals surface area contributed by atoms with Crippen LogP contribution in [0.3, 0.4) is 0 Å². The summed E-state index contributed by atoms with van der Waals surface area (Å²) in [5, 5.41) is 16.9. The molecule has 0 amide bonds. The third-order valence-corrected chi connectivity index (χ3v) is 9.72. The topological polar surface area (TPSA) is 96.2 Å². The number of rotatable bonds is 12. The predicted octanol–water partition coefficient (Wildman–Crippen LogP) is 13.9. The van der Waals surface area contributed by atoms with Gasteiger partial charge in [-0.3, -0.25) is 19.9 Å². The number of pyridine rings is 4. The number of aromatic nitrogens is 4. The first-order valence-electron chi connectivity index (χ1n) is 18.8. The Morgan fingerprint density at radius 3 is 1.31 bits per heavy atom. The smallest absolute Gasteiger partial charge is 0.753 e. The fraction of sp³-hybridized carbons (Fsp3) is 0.208. The van der Waals surface area contributed by atoms with Crippen molar-refractivity contribution in [1.29, 1.82) is 0 Å². The number of isothiocyanates is 2. The normalized spacial score (nSPS) is 9.66. The van der Waals surface area contributed by atoms with Gasteiger partial charge in [0.1, 0.15) is 0 Å². The largest absolute Gasteiger partial charge is 2.00 e. The van der Waals surface area contributed by atoms with Crippen LogP contribution in [0.1, 0.15) is 95.8 Å². The van der Waals surface area contributed by atoms with E-state index >= 15 is 0 Å². The summed E-state index contributed by atoms with van der Waals surface area (Å²) >= 11 is 10.9. The monoisotopic (exact) mass is 934 g/mol. The Labute approximate surface area is 381 Å². The summed E-state index contributed by atoms with van der Waals surface area (Å²) in [6.07, 6.45) is 25.1. The van der Waals surface area contributed by atoms with Crippen LogP contribution in [-0.4, -0.2) is 30.3 Å². The third kappa shape index (κ3) is 20.9. The Morgan fingerprint density at radius 1 is 0.525 bits per heavy atom. The van der Waals surface area contributed by atoms with Gasteiger partial charge in [-0.15, -0.1) is 22.7 Å². The standard InChI is InChI=1S/C36H36N2S2.C10H8N2.2CNS.Ru/c1-3-5-7-9-11-13-31-19-21-33(39-31)17-15-29-23-25-37-35(27-29)36-28-30(24-26-38-36)16-18-34-22-20-32(40-34)14-12-10-8-6-4-2;1-3-7-11-9(5-1)10-6-2-4-8-12-10;2*2-1-3;/h15-28H,3-10H2,1-2H3;1-8H;;;/q;;2*-1;+2/b17-15+,18-16+;;;;. The fourth-order valence-electron chi connectivity index (χ4n) is 5.01. The molecule has 0 aliphatic heterocycles. The number of hydrogen-bond donors (Lipinski definition) is 0. The van der Waals surface area contributed by atoms with Crippen molar-refractivity contribution in [2.24, 2.45) is 0 Å². The molecule has 0 unspecified atom stereocenters. The van der Waals surface area contributed by atoms with E-state index in [9.17, 15) is 0 Å². The molecular weight excluding hydrogens is 890 g/mol. The second-order valence-corrected chi connectivity index (χ2v) is 14.7. The van der Waals surface area contributed by atoms with E-state index in [1.807, 2.05) is 60.9 Å². The quantitative estimate of drug-likeness (QED) is 0.0399. The minimum Gasteiger partial charge on any atom is -0.753 e. The summed E-state index contributed by atoms with van der Waals surface area (Å²) in [4.78, 5) is 22.2. The van der Waals surface area contributed by atoms with Gasteiger partial charge in [0.15, 0.2) is 0 Å². The zero-order valence-electron chi connectivity index (χ0n) is 33.0. The van der Waals surface area contributed by atoms with Gasteiger partial charge in [0, 0.05) is 47.4 Å². The van der Waals surface area contributed by atoms with E-state index < -0.39 is 0 Å². The first-order valence-corrected chi connectivity index (χ1v) is 21.3. The average molecular weight is 934 g/mol. The van der Waals surface area contributed by atoms with E-state index in [1.54, 1.807) is 35.1 Å². The van der Waals surface area contributed by atoms with Crippen molar-refractivity contribution in [3.05, 3.63) is 151 Å². The molecule has 0 bridgehead atoms. The minimum atomic E-state index is 0. The Hall–Kier alpha value is -5.18. The van der Waals surface area contributed by atoms with Gasteiger partial charge in [-0.25, -0.2) is 0 Å². The number of thiophene rings is 2. The van der Waals surface area contributed by atoms with Crippen molar-refractivity contribution in [3.8, 4) is 46.5 Å². The maximum atomic E-state index is 7.13. The summed E-state index contributed by atoms with van der Waals surface area (Å²) < 4.78 is 0. The van der Waals surface area contributed by atoms with Crippen LogP contribution in [0.2, 0.25) is 0 Å². The van der Waals surface area contributed by atoms with Crippen molar-refractivity contribution >= 4 is 81.7 Å². The Kier molecular flexibility index (Phi) is 26.9. The van der Waals surface area contributed by atoms with E-state index in [1.165, 1.54) is 58.6 Å². The number of nitrogens with zero attached hydrogens (tertiary/aromatic N) is 6. The molecule has 0 radical (unpaired) electrons. The van der Waals surface area contributed by atoms with Crippen LogP contribution in [-0.2, 0) is 19.5 Å². The van der Waals surface area contributed by atoms with E-state index in [0.29, 0.717) is 0 Å². The van der Waals surface area contributed by atoms with Gasteiger partial charge >= 0.3 is 19.5 Å². The second-order valence-electron chi connectivity index (χ2n) is 12.1. The van der Waals surface area contributed by atoms with Crippen molar-refractivity contribution in [1.82, 2.24) is 19.9 Å². The summed E-state index contributed by atoms with van der Waals surface area (Å²) in [5.74, 6) is 13.2. The maximum absolute atomic E-state index is 7.13. The van der Waals surface area contributed by atoms with Gasteiger partial charge in [-0.2, -0.15) is 10.3 Å². The van der Waals surface area contributed by atoms with Gasteiger partial charge in [0.2, 0.25) is 0 Å². The molecule has 6 rings (SSSR count). The van der Waals surface area contributed by atoms with E-state index in [-0.39, 0.29) is 19.5 Å². The zero-order chi connectivity index (χ0) is 41.5. The molecule has 0 aliphatic carbocycles. The van der Waals surface area contributed by atoms with Crippen LogP contribution < -0.4 is 0 Å². The molecular formula is C48H44N6RuS4. The Bertz CT molecular complexity index is 2180. The van der Waals surface area contributed by atoms with Crippen LogP contribution in [0.5, 0.6) is 0 Å². The molecule has 0 saturated carbocycles. The van der Waals surface area contributed by atoms with Crippen molar-refractivity contribution in [3.63, 3.8) is 0 Å². The predicted molar refractivity (Wildman–Crippen MR) is 255 cm³/mol. The molecule has 6 aromatic rings. The summed E-state index contributed by atoms with van der Waals surface area (Å²) in [7, 11) is 0. The summed E-state index contributed by atoms with van der Waals surface area (Å²) in [6.45, 7) is 4.44. The molecule has 6 aromatic heterocycles. The number of hydrogen-bond acceptors (Lipinski definition) is 8. The molecule has 59 heavy (non-hydrogen) atoms. The van der Waals surface area contributed by atoms with Gasteiger partial charge in [0.25, 0.3) is 0 Å². The molecule has 0 fully saturated rings. The van der Waals surface area contributed by atoms with E-state index in [2.05, 4.69) is 143 Å². The number of unbranched alkanes of at least 4 members (excludes halogenated alkanes) is 6. The molecule has 11 heteroatoms. The molecule has 6 heterocycles. The molecule has 0 saturated heterocycles. The van der Waals surface area contributed by atoms with E-state index in [4.69, 9.17) is 10.8 Å². The molecule has 0 atom stereocenters. The van der Waals surface area contributed by atoms with Gasteiger partial charge in [0.05, 0.1) is 32.5 Å². The van der Waals surface area contributed by atoms with Gasteiger partial charge < -0.3 is 10.8 Å². The van der Waals surface area contributed by atoms with Crippen molar-refractivity contribution in [2.75, 3.05) is 0 Å². The zero-order valence-corrected chi connectivity index (χ0v) is 38.0. The van der Waals surface area contributed by atoms with Crippen LogP contribution in [0.4, 0.5) is 0 Å². The molecule has 298 valence electrons. The average Bonchev–Trinajstić information content (AvgIpc) is 3.93. The summed E-state index contributed by atoms with van der Waals surface area (Å²) in [5.41, 5.74) is 5.74. The van der Waals surface area contributed by atoms with Crippen LogP contribution in [0, 0.1) is 23.7 Å². The van der Waals surface area contributed by atoms with Crippen LogP contribution in [0.15, 0.2) is 110 Å². The molecule has 0 spiro atoms. The Balaban J connectivity index is 0.000000522. The maximum Gasteiger partial charge on any atom is 2.00 e. The molecule has 0 aromatic carbocycles. The summed E-state index contributed by atoms with van der Waals surface area (Å²) in [6, 6.07) is 28.3. The first kappa shape index (κ1) is 50.0. The van der Waals surface area contributed by atoms with Crippen molar-refractivity contribution < 1.29 is 19.5 Å². The van der Waals surface area contributed by atoms with Gasteiger partial charge in [-0.05, 0) is 109 Å². The van der Waals surface area contributed by atoms with Crippen molar-refractivity contribution in [2.45, 2.75) is 65.2 Å². The van der Waals surface area contributed by atoms with Crippen LogP contribution >= 0.6 is 47.1 Å². The van der Waals surface area contributed by atoms with E-state index in [0.717, 1.165) is 56.5 Å². The number of thiocarbonyl (C=S) groups is 2. The second kappa shape index (κ2) is 31.8. The minimum absolute atomic E-state index is 0. The third-order valence-electron chi connectivity index (χ3n) is 7.79. The SMILES string of the molecule is CCCCCC#Cc1ccc(/C=C/c2ccnc(-c3cc(/C=C/c4ccc(C#CCCCCC)s4)ccn3)c2)s1.[N-]=C=S.[N-]=C=S.[Ru+2].c1ccc(-c2ccccn2)nc1. The van der Waals surface area contributed by atoms with Crippen LogP contribution in [0.25, 0.3) is 57.9 Å². The fourth-order valence-corrected chi connectivity index (χ4v) is 6.58.